The third-order valence-corrected chi connectivity index (χ3v) is 3.92. The first-order chi connectivity index (χ1) is 12.8. The largest absolute Gasteiger partial charge is 0.489 e. The summed E-state index contributed by atoms with van der Waals surface area (Å²) in [5.41, 5.74) is 9.30. The molecule has 0 aliphatic heterocycles. The molecule has 0 radical (unpaired) electrons. The number of aromatic nitrogens is 2. The van der Waals surface area contributed by atoms with Crippen molar-refractivity contribution in [2.45, 2.75) is 6.61 Å². The molecule has 5 heteroatoms. The Kier molecular flexibility index (Phi) is 4.35. The zero-order valence-electron chi connectivity index (χ0n) is 14.0. The first kappa shape index (κ1) is 15.9. The smallest absolute Gasteiger partial charge is 0.221 e. The lowest BCUT2D eigenvalue weighted by Gasteiger charge is -2.08. The highest BCUT2D eigenvalue weighted by molar-refractivity contribution is 5.67. The number of ether oxygens (including phenoxy) is 1. The van der Waals surface area contributed by atoms with Crippen LogP contribution in [0.3, 0.4) is 0 Å². The molecule has 0 bridgehead atoms. The molecule has 0 saturated carbocycles. The maximum absolute atomic E-state index is 5.86. The van der Waals surface area contributed by atoms with Gasteiger partial charge in [-0.25, -0.2) is 9.97 Å². The summed E-state index contributed by atoms with van der Waals surface area (Å²) in [5, 5.41) is 0. The molecule has 128 valence electrons. The summed E-state index contributed by atoms with van der Waals surface area (Å²) < 4.78 is 11.2. The van der Waals surface area contributed by atoms with Gasteiger partial charge in [0, 0.05) is 5.56 Å². The molecule has 2 N–H and O–H groups in total. The van der Waals surface area contributed by atoms with Crippen LogP contribution in [-0.4, -0.2) is 9.97 Å². The monoisotopic (exact) mass is 343 g/mol. The molecule has 0 saturated heterocycles. The van der Waals surface area contributed by atoms with Crippen molar-refractivity contribution in [2.24, 2.45) is 0 Å². The number of nitrogen functional groups attached to an aromatic ring is 1. The molecule has 5 nitrogen and oxygen atoms in total. The minimum atomic E-state index is 0.207. The quantitative estimate of drug-likeness (QED) is 0.575. The van der Waals surface area contributed by atoms with Crippen LogP contribution in [0.2, 0.25) is 0 Å². The van der Waals surface area contributed by atoms with E-state index in [1.165, 1.54) is 0 Å². The summed E-state index contributed by atoms with van der Waals surface area (Å²) in [6, 6.07) is 23.3. The average molecular weight is 343 g/mol. The number of nitrogens with zero attached hydrogens (tertiary/aromatic N) is 2. The number of furan rings is 1. The van der Waals surface area contributed by atoms with E-state index in [1.54, 1.807) is 6.26 Å². The van der Waals surface area contributed by atoms with Gasteiger partial charge in [0.25, 0.3) is 0 Å². The van der Waals surface area contributed by atoms with E-state index in [0.29, 0.717) is 18.1 Å². The van der Waals surface area contributed by atoms with Gasteiger partial charge in [-0.15, -0.1) is 0 Å². The third-order valence-electron chi connectivity index (χ3n) is 3.92. The number of anilines is 1. The molecule has 0 spiro atoms. The van der Waals surface area contributed by atoms with E-state index in [4.69, 9.17) is 14.9 Å². The fraction of sp³-hybridized carbons (Fsp3) is 0.0476. The van der Waals surface area contributed by atoms with Gasteiger partial charge in [-0.3, -0.25) is 0 Å². The first-order valence-corrected chi connectivity index (χ1v) is 8.23. The summed E-state index contributed by atoms with van der Waals surface area (Å²) in [6.45, 7) is 0.531. The van der Waals surface area contributed by atoms with Crippen molar-refractivity contribution in [2.75, 3.05) is 5.73 Å². The molecule has 0 atom stereocenters. The van der Waals surface area contributed by atoms with Gasteiger partial charge in [0.15, 0.2) is 5.76 Å². The van der Waals surface area contributed by atoms with Gasteiger partial charge in [0.1, 0.15) is 18.1 Å². The van der Waals surface area contributed by atoms with E-state index in [1.807, 2.05) is 72.8 Å². The van der Waals surface area contributed by atoms with Gasteiger partial charge in [-0.1, -0.05) is 30.3 Å². The summed E-state index contributed by atoms with van der Waals surface area (Å²) >= 11 is 0. The molecule has 0 unspecified atom stereocenters. The molecule has 26 heavy (non-hydrogen) atoms. The summed E-state index contributed by atoms with van der Waals surface area (Å²) in [7, 11) is 0. The SMILES string of the molecule is Nc1nc(-c2ccc(OCc3ccccc3)cc2)cc(-c2ccco2)n1. The van der Waals surface area contributed by atoms with Crippen molar-refractivity contribution in [3.63, 3.8) is 0 Å². The van der Waals surface area contributed by atoms with Crippen LogP contribution >= 0.6 is 0 Å². The predicted octanol–water partition coefficient (Wildman–Crippen LogP) is 4.56. The standard InChI is InChI=1S/C21H17N3O2/c22-21-23-18(13-19(24-21)20-7-4-12-25-20)16-8-10-17(11-9-16)26-14-15-5-2-1-3-6-15/h1-13H,14H2,(H2,22,23,24). The fourth-order valence-corrected chi connectivity index (χ4v) is 2.63. The van der Waals surface area contributed by atoms with Crippen molar-refractivity contribution < 1.29 is 9.15 Å². The Hall–Kier alpha value is -3.60. The van der Waals surface area contributed by atoms with Crippen molar-refractivity contribution in [3.8, 4) is 28.5 Å². The molecule has 0 amide bonds. The lowest BCUT2D eigenvalue weighted by atomic mass is 10.1. The van der Waals surface area contributed by atoms with Gasteiger partial charge in [-0.05, 0) is 48.0 Å². The van der Waals surface area contributed by atoms with Crippen molar-refractivity contribution in [1.29, 1.82) is 0 Å². The number of rotatable bonds is 5. The van der Waals surface area contributed by atoms with Gasteiger partial charge < -0.3 is 14.9 Å². The molecule has 0 aliphatic carbocycles. The van der Waals surface area contributed by atoms with Gasteiger partial charge in [-0.2, -0.15) is 0 Å². The minimum absolute atomic E-state index is 0.207. The summed E-state index contributed by atoms with van der Waals surface area (Å²) in [4.78, 5) is 8.55. The second kappa shape index (κ2) is 7.11. The van der Waals surface area contributed by atoms with Crippen molar-refractivity contribution in [3.05, 3.63) is 84.6 Å². The molecule has 0 fully saturated rings. The topological polar surface area (TPSA) is 74.2 Å². The highest BCUT2D eigenvalue weighted by Gasteiger charge is 2.09. The molecule has 0 aliphatic rings. The molecular formula is C21H17N3O2. The van der Waals surface area contributed by atoms with Crippen molar-refractivity contribution >= 4 is 5.95 Å². The van der Waals surface area contributed by atoms with Crippen LogP contribution in [-0.2, 0) is 6.61 Å². The molecule has 2 aromatic carbocycles. The molecule has 4 aromatic rings. The second-order valence-electron chi connectivity index (χ2n) is 5.77. The van der Waals surface area contributed by atoms with Crippen LogP contribution < -0.4 is 10.5 Å². The van der Waals surface area contributed by atoms with Crippen molar-refractivity contribution in [1.82, 2.24) is 9.97 Å². The van der Waals surface area contributed by atoms with Gasteiger partial charge >= 0.3 is 0 Å². The molecule has 2 aromatic heterocycles. The minimum Gasteiger partial charge on any atom is -0.489 e. The maximum atomic E-state index is 5.86. The highest BCUT2D eigenvalue weighted by Crippen LogP contribution is 2.26. The first-order valence-electron chi connectivity index (χ1n) is 8.23. The third kappa shape index (κ3) is 3.57. The van der Waals surface area contributed by atoms with E-state index in [-0.39, 0.29) is 5.95 Å². The van der Waals surface area contributed by atoms with Crippen LogP contribution in [0.4, 0.5) is 5.95 Å². The summed E-state index contributed by atoms with van der Waals surface area (Å²) in [5.74, 6) is 1.66. The van der Waals surface area contributed by atoms with E-state index >= 15 is 0 Å². The zero-order chi connectivity index (χ0) is 17.8. The Morgan fingerprint density at radius 3 is 2.35 bits per heavy atom. The van der Waals surface area contributed by atoms with Crippen LogP contribution in [0.25, 0.3) is 22.7 Å². The molecule has 2 heterocycles. The number of hydrogen-bond acceptors (Lipinski definition) is 5. The molecule has 4 rings (SSSR count). The van der Waals surface area contributed by atoms with Gasteiger partial charge in [0.2, 0.25) is 5.95 Å². The Morgan fingerprint density at radius 1 is 0.846 bits per heavy atom. The zero-order valence-corrected chi connectivity index (χ0v) is 14.0. The fourth-order valence-electron chi connectivity index (χ4n) is 2.63. The van der Waals surface area contributed by atoms with Crippen LogP contribution in [0.15, 0.2) is 83.5 Å². The Bertz CT molecular complexity index is 982. The number of nitrogens with two attached hydrogens (primary N) is 1. The summed E-state index contributed by atoms with van der Waals surface area (Å²) in [6.07, 6.45) is 1.60. The van der Waals surface area contributed by atoms with E-state index in [9.17, 15) is 0 Å². The van der Waals surface area contributed by atoms with E-state index in [0.717, 1.165) is 22.6 Å². The second-order valence-corrected chi connectivity index (χ2v) is 5.77. The number of benzene rings is 2. The average Bonchev–Trinajstić information content (AvgIpc) is 3.22. The lowest BCUT2D eigenvalue weighted by molar-refractivity contribution is 0.306. The Morgan fingerprint density at radius 2 is 1.62 bits per heavy atom. The normalized spacial score (nSPS) is 10.6. The van der Waals surface area contributed by atoms with E-state index in [2.05, 4.69) is 9.97 Å². The molecular weight excluding hydrogens is 326 g/mol. The Labute approximate surface area is 151 Å². The van der Waals surface area contributed by atoms with E-state index < -0.39 is 0 Å². The number of hydrogen-bond donors (Lipinski definition) is 1. The van der Waals surface area contributed by atoms with Gasteiger partial charge in [0.05, 0.1) is 12.0 Å². The Balaban J connectivity index is 1.53. The predicted molar refractivity (Wildman–Crippen MR) is 100 cm³/mol. The lowest BCUT2D eigenvalue weighted by Crippen LogP contribution is -1.98. The van der Waals surface area contributed by atoms with Crippen LogP contribution in [0.5, 0.6) is 5.75 Å². The van der Waals surface area contributed by atoms with Crippen LogP contribution in [0.1, 0.15) is 5.56 Å². The van der Waals surface area contributed by atoms with Crippen LogP contribution in [0, 0.1) is 0 Å². The maximum Gasteiger partial charge on any atom is 0.221 e. The highest BCUT2D eigenvalue weighted by atomic mass is 16.5.